The first-order valence-corrected chi connectivity index (χ1v) is 7.70. The third-order valence-corrected chi connectivity index (χ3v) is 4.89. The number of hydrogen-bond donors (Lipinski definition) is 1. The summed E-state index contributed by atoms with van der Waals surface area (Å²) >= 11 is 0. The van der Waals surface area contributed by atoms with Crippen LogP contribution in [0, 0.1) is 11.8 Å². The third-order valence-electron chi connectivity index (χ3n) is 4.89. The van der Waals surface area contributed by atoms with Crippen molar-refractivity contribution in [3.8, 4) is 0 Å². The van der Waals surface area contributed by atoms with Crippen LogP contribution >= 0.6 is 0 Å². The molecule has 21 heavy (non-hydrogen) atoms. The zero-order valence-electron chi connectivity index (χ0n) is 12.0. The molecule has 0 radical (unpaired) electrons. The number of esters is 1. The molecule has 3 atom stereocenters. The van der Waals surface area contributed by atoms with Crippen LogP contribution in [0.5, 0.6) is 0 Å². The maximum absolute atomic E-state index is 12.3. The number of ether oxygens (including phenoxy) is 1. The molecule has 3 rings (SSSR count). The van der Waals surface area contributed by atoms with Crippen molar-refractivity contribution in [2.75, 3.05) is 0 Å². The maximum atomic E-state index is 12.3. The van der Waals surface area contributed by atoms with Crippen molar-refractivity contribution < 1.29 is 19.4 Å². The molecule has 2 aliphatic carbocycles. The van der Waals surface area contributed by atoms with Gasteiger partial charge in [0.15, 0.2) is 0 Å². The van der Waals surface area contributed by atoms with Gasteiger partial charge in [0.2, 0.25) is 0 Å². The standard InChI is InChI=1S/C17H20O4/c18-16(19)13-7-1-2-8-14(13)17(20)21-15-10-4-6-11-5-3-9-12(11)15/h1-2,7-8,11-12,15H,3-6,9-10H2,(H,18,19)/t11-,12-,15+/m0/s1. The fourth-order valence-corrected chi connectivity index (χ4v) is 3.90. The molecule has 4 heteroatoms. The summed E-state index contributed by atoms with van der Waals surface area (Å²) in [4.78, 5) is 23.5. The highest BCUT2D eigenvalue weighted by molar-refractivity contribution is 6.02. The Kier molecular flexibility index (Phi) is 3.95. The van der Waals surface area contributed by atoms with Crippen LogP contribution in [0.15, 0.2) is 24.3 Å². The molecular weight excluding hydrogens is 268 g/mol. The minimum atomic E-state index is -1.09. The first-order chi connectivity index (χ1) is 10.2. The van der Waals surface area contributed by atoms with Gasteiger partial charge in [-0.15, -0.1) is 0 Å². The van der Waals surface area contributed by atoms with E-state index in [1.807, 2.05) is 0 Å². The van der Waals surface area contributed by atoms with Crippen LogP contribution in [0.1, 0.15) is 59.2 Å². The number of hydrogen-bond acceptors (Lipinski definition) is 3. The Hall–Kier alpha value is -1.84. The Labute approximate surface area is 124 Å². The fourth-order valence-electron chi connectivity index (χ4n) is 3.90. The maximum Gasteiger partial charge on any atom is 0.339 e. The van der Waals surface area contributed by atoms with Gasteiger partial charge in [-0.1, -0.05) is 25.0 Å². The molecule has 0 bridgehead atoms. The zero-order chi connectivity index (χ0) is 14.8. The van der Waals surface area contributed by atoms with Gasteiger partial charge in [-0.25, -0.2) is 9.59 Å². The summed E-state index contributed by atoms with van der Waals surface area (Å²) < 4.78 is 5.68. The normalized spacial score (nSPS) is 27.9. The van der Waals surface area contributed by atoms with Gasteiger partial charge in [-0.3, -0.25) is 0 Å². The zero-order valence-corrected chi connectivity index (χ0v) is 12.0. The van der Waals surface area contributed by atoms with E-state index in [1.165, 1.54) is 31.4 Å². The first kappa shape index (κ1) is 14.1. The van der Waals surface area contributed by atoms with E-state index in [1.54, 1.807) is 12.1 Å². The van der Waals surface area contributed by atoms with Crippen molar-refractivity contribution in [1.82, 2.24) is 0 Å². The van der Waals surface area contributed by atoms with Crippen molar-refractivity contribution >= 4 is 11.9 Å². The Morgan fingerprint density at radius 3 is 2.38 bits per heavy atom. The first-order valence-electron chi connectivity index (χ1n) is 7.70. The molecule has 2 saturated carbocycles. The molecule has 2 fully saturated rings. The Morgan fingerprint density at radius 1 is 1.00 bits per heavy atom. The van der Waals surface area contributed by atoms with E-state index < -0.39 is 11.9 Å². The summed E-state index contributed by atoms with van der Waals surface area (Å²) in [6.07, 6.45) is 6.79. The van der Waals surface area contributed by atoms with E-state index in [-0.39, 0.29) is 17.2 Å². The van der Waals surface area contributed by atoms with Crippen molar-refractivity contribution in [3.63, 3.8) is 0 Å². The Morgan fingerprint density at radius 2 is 1.67 bits per heavy atom. The predicted octanol–water partition coefficient (Wildman–Crippen LogP) is 3.51. The summed E-state index contributed by atoms with van der Waals surface area (Å²) in [5.41, 5.74) is 0.173. The topological polar surface area (TPSA) is 63.6 Å². The summed E-state index contributed by atoms with van der Waals surface area (Å²) in [7, 11) is 0. The lowest BCUT2D eigenvalue weighted by Crippen LogP contribution is -2.33. The number of rotatable bonds is 3. The molecule has 112 valence electrons. The highest BCUT2D eigenvalue weighted by atomic mass is 16.5. The minimum absolute atomic E-state index is 0.0151. The van der Waals surface area contributed by atoms with E-state index in [4.69, 9.17) is 9.84 Å². The van der Waals surface area contributed by atoms with Gasteiger partial charge in [0.1, 0.15) is 6.10 Å². The number of fused-ring (bicyclic) bond motifs is 1. The molecular formula is C17H20O4. The van der Waals surface area contributed by atoms with E-state index in [9.17, 15) is 9.59 Å². The van der Waals surface area contributed by atoms with E-state index in [0.29, 0.717) is 11.8 Å². The molecule has 0 spiro atoms. The highest BCUT2D eigenvalue weighted by Crippen LogP contribution is 2.43. The molecule has 4 nitrogen and oxygen atoms in total. The molecule has 0 unspecified atom stereocenters. The minimum Gasteiger partial charge on any atom is -0.478 e. The lowest BCUT2D eigenvalue weighted by molar-refractivity contribution is -0.00744. The molecule has 0 aliphatic heterocycles. The van der Waals surface area contributed by atoms with Crippen LogP contribution in [0.2, 0.25) is 0 Å². The van der Waals surface area contributed by atoms with E-state index >= 15 is 0 Å². The average Bonchev–Trinajstić information content (AvgIpc) is 2.96. The molecule has 2 aliphatic rings. The van der Waals surface area contributed by atoms with Gasteiger partial charge in [0, 0.05) is 0 Å². The van der Waals surface area contributed by atoms with Crippen molar-refractivity contribution in [2.45, 2.75) is 44.6 Å². The SMILES string of the molecule is O=C(O)c1ccccc1C(=O)O[C@@H]1CCC[C@@H]2CCC[C@@H]21. The van der Waals surface area contributed by atoms with Gasteiger partial charge in [0.05, 0.1) is 11.1 Å². The summed E-state index contributed by atoms with van der Waals surface area (Å²) in [5.74, 6) is -0.429. The number of aromatic carboxylic acids is 1. The average molecular weight is 288 g/mol. The lowest BCUT2D eigenvalue weighted by atomic mass is 9.79. The molecule has 1 aromatic carbocycles. The van der Waals surface area contributed by atoms with Crippen LogP contribution < -0.4 is 0 Å². The summed E-state index contributed by atoms with van der Waals surface area (Å²) in [6.45, 7) is 0. The van der Waals surface area contributed by atoms with Gasteiger partial charge in [0.25, 0.3) is 0 Å². The van der Waals surface area contributed by atoms with Crippen LogP contribution in [-0.4, -0.2) is 23.1 Å². The molecule has 0 amide bonds. The number of carboxylic acids is 1. The lowest BCUT2D eigenvalue weighted by Gasteiger charge is -2.33. The molecule has 1 aromatic rings. The second kappa shape index (κ2) is 5.88. The summed E-state index contributed by atoms with van der Waals surface area (Å²) in [5, 5.41) is 9.16. The second-order valence-corrected chi connectivity index (χ2v) is 6.08. The van der Waals surface area contributed by atoms with Crippen LogP contribution in [0.25, 0.3) is 0 Å². The van der Waals surface area contributed by atoms with Crippen LogP contribution in [0.3, 0.4) is 0 Å². The van der Waals surface area contributed by atoms with E-state index in [2.05, 4.69) is 0 Å². The second-order valence-electron chi connectivity index (χ2n) is 6.08. The van der Waals surface area contributed by atoms with Crippen LogP contribution in [0.4, 0.5) is 0 Å². The quantitative estimate of drug-likeness (QED) is 0.864. The number of carbonyl (C=O) groups is 2. The molecule has 0 aromatic heterocycles. The fraction of sp³-hybridized carbons (Fsp3) is 0.529. The number of carbonyl (C=O) groups excluding carboxylic acids is 1. The number of benzene rings is 1. The molecule has 1 N–H and O–H groups in total. The monoisotopic (exact) mass is 288 g/mol. The van der Waals surface area contributed by atoms with Gasteiger partial charge < -0.3 is 9.84 Å². The van der Waals surface area contributed by atoms with E-state index in [0.717, 1.165) is 19.3 Å². The summed E-state index contributed by atoms with van der Waals surface area (Å²) in [6, 6.07) is 6.26. The Balaban J connectivity index is 1.76. The van der Waals surface area contributed by atoms with Crippen molar-refractivity contribution in [2.24, 2.45) is 11.8 Å². The van der Waals surface area contributed by atoms with Crippen molar-refractivity contribution in [3.05, 3.63) is 35.4 Å². The number of carboxylic acid groups (broad SMARTS) is 1. The van der Waals surface area contributed by atoms with Gasteiger partial charge in [-0.05, 0) is 49.7 Å². The van der Waals surface area contributed by atoms with Gasteiger partial charge >= 0.3 is 11.9 Å². The van der Waals surface area contributed by atoms with Crippen LogP contribution in [-0.2, 0) is 4.74 Å². The third kappa shape index (κ3) is 2.80. The Bertz CT molecular complexity index is 551. The highest BCUT2D eigenvalue weighted by Gasteiger charge is 2.38. The van der Waals surface area contributed by atoms with Gasteiger partial charge in [-0.2, -0.15) is 0 Å². The molecule has 0 saturated heterocycles. The molecule has 0 heterocycles. The largest absolute Gasteiger partial charge is 0.478 e. The predicted molar refractivity (Wildman–Crippen MR) is 77.3 cm³/mol. The van der Waals surface area contributed by atoms with Crippen molar-refractivity contribution in [1.29, 1.82) is 0 Å². The smallest absolute Gasteiger partial charge is 0.339 e.